The molecule has 0 radical (unpaired) electrons. The van der Waals surface area contributed by atoms with Gasteiger partial charge in [0.1, 0.15) is 5.75 Å². The van der Waals surface area contributed by atoms with E-state index in [2.05, 4.69) is 92.5 Å². The van der Waals surface area contributed by atoms with Gasteiger partial charge >= 0.3 is 0 Å². The van der Waals surface area contributed by atoms with E-state index in [9.17, 15) is 5.11 Å². The van der Waals surface area contributed by atoms with Crippen LogP contribution in [0.2, 0.25) is 0 Å². The van der Waals surface area contributed by atoms with E-state index in [1.807, 2.05) is 24.3 Å². The zero-order valence-corrected chi connectivity index (χ0v) is 20.1. The lowest BCUT2D eigenvalue weighted by atomic mass is 9.67. The molecule has 154 valence electrons. The number of benzene rings is 4. The van der Waals surface area contributed by atoms with Crippen molar-refractivity contribution in [2.45, 2.75) is 12.0 Å². The summed E-state index contributed by atoms with van der Waals surface area (Å²) in [5.74, 6) is 0.830. The van der Waals surface area contributed by atoms with Gasteiger partial charge in [0.2, 0.25) is 0 Å². The number of halogens is 2. The molecule has 4 aromatic carbocycles. The number of methoxy groups -OCH3 is 1. The number of aliphatic hydroxyl groups excluding tert-OH is 1. The predicted molar refractivity (Wildman–Crippen MR) is 132 cm³/mol. The zero-order chi connectivity index (χ0) is 21.6. The van der Waals surface area contributed by atoms with E-state index in [4.69, 9.17) is 4.74 Å². The summed E-state index contributed by atoms with van der Waals surface area (Å²) in [5.41, 5.74) is 7.66. The molecule has 0 atom stereocenters. The van der Waals surface area contributed by atoms with Crippen molar-refractivity contribution in [2.75, 3.05) is 7.11 Å². The molecule has 5 rings (SSSR count). The van der Waals surface area contributed by atoms with Gasteiger partial charge in [-0.2, -0.15) is 0 Å². The molecule has 1 aliphatic carbocycles. The van der Waals surface area contributed by atoms with Gasteiger partial charge < -0.3 is 9.84 Å². The molecule has 31 heavy (non-hydrogen) atoms. The summed E-state index contributed by atoms with van der Waals surface area (Å²) in [6.45, 7) is 0.0279. The fourth-order valence-corrected chi connectivity index (χ4v) is 5.48. The minimum Gasteiger partial charge on any atom is -0.497 e. The Kier molecular flexibility index (Phi) is 5.25. The van der Waals surface area contributed by atoms with Crippen molar-refractivity contribution in [3.63, 3.8) is 0 Å². The molecule has 0 unspecified atom stereocenters. The van der Waals surface area contributed by atoms with Crippen molar-refractivity contribution in [3.8, 4) is 16.9 Å². The highest BCUT2D eigenvalue weighted by molar-refractivity contribution is 9.10. The second kappa shape index (κ2) is 7.94. The normalized spacial score (nSPS) is 13.5. The highest BCUT2D eigenvalue weighted by Gasteiger charge is 2.46. The fourth-order valence-electron chi connectivity index (χ4n) is 4.76. The number of ether oxygens (including phenoxy) is 1. The Labute approximate surface area is 198 Å². The van der Waals surface area contributed by atoms with Crippen molar-refractivity contribution in [1.82, 2.24) is 0 Å². The van der Waals surface area contributed by atoms with Gasteiger partial charge in [-0.15, -0.1) is 0 Å². The first-order valence-corrected chi connectivity index (χ1v) is 11.6. The van der Waals surface area contributed by atoms with Gasteiger partial charge in [0, 0.05) is 8.95 Å². The van der Waals surface area contributed by atoms with Crippen LogP contribution in [0.25, 0.3) is 11.1 Å². The Morgan fingerprint density at radius 2 is 1.19 bits per heavy atom. The van der Waals surface area contributed by atoms with Crippen LogP contribution in [0.5, 0.6) is 5.75 Å². The second-order valence-corrected chi connectivity index (χ2v) is 9.54. The SMILES string of the molecule is COc1ccc(C2(c3ccc(CO)cc3)c3cc(Br)ccc3-c3ccc(Br)cc32)cc1. The molecule has 4 aromatic rings. The standard InChI is InChI=1S/C27H20Br2O2/c1-31-22-10-6-19(7-11-22)27(18-4-2-17(16-30)3-5-18)25-14-20(28)8-12-23(25)24-13-9-21(29)15-26(24)27/h2-15,30H,16H2,1H3. The lowest BCUT2D eigenvalue weighted by Gasteiger charge is -2.34. The van der Waals surface area contributed by atoms with Crippen LogP contribution in [0.15, 0.2) is 93.9 Å². The van der Waals surface area contributed by atoms with Crippen molar-refractivity contribution in [2.24, 2.45) is 0 Å². The third-order valence-electron chi connectivity index (χ3n) is 6.15. The lowest BCUT2D eigenvalue weighted by molar-refractivity contribution is 0.282. The van der Waals surface area contributed by atoms with Crippen LogP contribution >= 0.6 is 31.9 Å². The average molecular weight is 536 g/mol. The van der Waals surface area contributed by atoms with Gasteiger partial charge in [-0.1, -0.05) is 80.4 Å². The molecule has 0 saturated carbocycles. The number of hydrogen-bond donors (Lipinski definition) is 1. The largest absolute Gasteiger partial charge is 0.497 e. The van der Waals surface area contributed by atoms with Crippen LogP contribution in [0.4, 0.5) is 0 Å². The van der Waals surface area contributed by atoms with Crippen LogP contribution in [-0.4, -0.2) is 12.2 Å². The van der Waals surface area contributed by atoms with E-state index in [1.165, 1.54) is 27.8 Å². The van der Waals surface area contributed by atoms with Crippen molar-refractivity contribution in [1.29, 1.82) is 0 Å². The maximum absolute atomic E-state index is 9.59. The first-order valence-electron chi connectivity index (χ1n) is 10.0. The molecule has 0 amide bonds. The minimum absolute atomic E-state index is 0.0279. The summed E-state index contributed by atoms with van der Waals surface area (Å²) in [5, 5.41) is 9.59. The topological polar surface area (TPSA) is 29.5 Å². The maximum Gasteiger partial charge on any atom is 0.118 e. The van der Waals surface area contributed by atoms with Crippen LogP contribution in [0.3, 0.4) is 0 Å². The Morgan fingerprint density at radius 3 is 1.65 bits per heavy atom. The monoisotopic (exact) mass is 534 g/mol. The molecular formula is C27H20Br2O2. The summed E-state index contributed by atoms with van der Waals surface area (Å²) in [7, 11) is 1.69. The first-order chi connectivity index (χ1) is 15.1. The van der Waals surface area contributed by atoms with Gasteiger partial charge in [-0.25, -0.2) is 0 Å². The molecule has 0 aliphatic heterocycles. The van der Waals surface area contributed by atoms with E-state index in [1.54, 1.807) is 7.11 Å². The Bertz CT molecular complexity index is 1160. The van der Waals surface area contributed by atoms with Gasteiger partial charge in [0.15, 0.2) is 0 Å². The summed E-state index contributed by atoms with van der Waals surface area (Å²) < 4.78 is 7.52. The summed E-state index contributed by atoms with van der Waals surface area (Å²) in [6.07, 6.45) is 0. The molecule has 0 fully saturated rings. The predicted octanol–water partition coefficient (Wildman–Crippen LogP) is 7.08. The lowest BCUT2D eigenvalue weighted by Crippen LogP contribution is -2.28. The van der Waals surface area contributed by atoms with Crippen LogP contribution in [-0.2, 0) is 12.0 Å². The zero-order valence-electron chi connectivity index (χ0n) is 16.9. The van der Waals surface area contributed by atoms with E-state index < -0.39 is 5.41 Å². The number of rotatable bonds is 4. The van der Waals surface area contributed by atoms with Crippen molar-refractivity contribution in [3.05, 3.63) is 122 Å². The van der Waals surface area contributed by atoms with Gasteiger partial charge in [-0.05, 0) is 75.3 Å². The van der Waals surface area contributed by atoms with Gasteiger partial charge in [0.25, 0.3) is 0 Å². The van der Waals surface area contributed by atoms with E-state index in [0.717, 1.165) is 25.8 Å². The summed E-state index contributed by atoms with van der Waals surface area (Å²) >= 11 is 7.41. The highest BCUT2D eigenvalue weighted by atomic mass is 79.9. The molecule has 1 N–H and O–H groups in total. The van der Waals surface area contributed by atoms with Crippen molar-refractivity contribution < 1.29 is 9.84 Å². The van der Waals surface area contributed by atoms with Gasteiger partial charge in [0.05, 0.1) is 19.1 Å². The molecule has 4 heteroatoms. The summed E-state index contributed by atoms with van der Waals surface area (Å²) in [4.78, 5) is 0. The molecule has 1 aliphatic rings. The third kappa shape index (κ3) is 3.16. The third-order valence-corrected chi connectivity index (χ3v) is 7.14. The summed E-state index contributed by atoms with van der Waals surface area (Å²) in [6, 6.07) is 29.7. The molecule has 2 nitrogen and oxygen atoms in total. The fraction of sp³-hybridized carbons (Fsp3) is 0.111. The molecule has 0 spiro atoms. The van der Waals surface area contributed by atoms with Crippen LogP contribution < -0.4 is 4.74 Å². The molecule has 0 bridgehead atoms. The van der Waals surface area contributed by atoms with E-state index in [0.29, 0.717) is 0 Å². The maximum atomic E-state index is 9.59. The quantitative estimate of drug-likeness (QED) is 0.266. The Balaban J connectivity index is 1.91. The highest BCUT2D eigenvalue weighted by Crippen LogP contribution is 2.57. The van der Waals surface area contributed by atoms with E-state index >= 15 is 0 Å². The van der Waals surface area contributed by atoms with Gasteiger partial charge in [-0.3, -0.25) is 0 Å². The average Bonchev–Trinajstić information content (AvgIpc) is 3.08. The number of hydrogen-bond acceptors (Lipinski definition) is 2. The van der Waals surface area contributed by atoms with E-state index in [-0.39, 0.29) is 6.61 Å². The molecule has 0 saturated heterocycles. The second-order valence-electron chi connectivity index (χ2n) is 7.71. The van der Waals surface area contributed by atoms with Crippen LogP contribution in [0, 0.1) is 0 Å². The Morgan fingerprint density at radius 1 is 0.710 bits per heavy atom. The van der Waals surface area contributed by atoms with Crippen LogP contribution in [0.1, 0.15) is 27.8 Å². The first kappa shape index (κ1) is 20.5. The van der Waals surface area contributed by atoms with Crippen molar-refractivity contribution >= 4 is 31.9 Å². The minimum atomic E-state index is -0.488. The number of fused-ring (bicyclic) bond motifs is 3. The number of aliphatic hydroxyl groups is 1. The molecule has 0 heterocycles. The smallest absolute Gasteiger partial charge is 0.118 e. The molecule has 0 aromatic heterocycles. The Hall–Kier alpha value is -2.40. The molecular weight excluding hydrogens is 516 g/mol.